The monoisotopic (exact) mass is 326 g/mol. The Morgan fingerprint density at radius 2 is 1.71 bits per heavy atom. The highest BCUT2D eigenvalue weighted by Crippen LogP contribution is 2.36. The Hall–Kier alpha value is -2.95. The van der Waals surface area contributed by atoms with Crippen molar-refractivity contribution in [1.82, 2.24) is 0 Å². The van der Waals surface area contributed by atoms with E-state index in [1.165, 1.54) is 0 Å². The molecule has 24 heavy (non-hydrogen) atoms. The van der Waals surface area contributed by atoms with Crippen LogP contribution in [0.1, 0.15) is 28.7 Å². The van der Waals surface area contributed by atoms with Gasteiger partial charge in [0.15, 0.2) is 0 Å². The topological polar surface area (TPSA) is 95.6 Å². The van der Waals surface area contributed by atoms with Crippen LogP contribution in [-0.2, 0) is 4.79 Å². The number of anilines is 2. The third kappa shape index (κ3) is 3.51. The minimum absolute atomic E-state index is 0.117. The fraction of sp³-hybridized carbons (Fsp3) is 0.211. The van der Waals surface area contributed by atoms with Crippen LogP contribution < -0.4 is 11.1 Å². The molecular weight excluding hydrogens is 304 g/mol. The molecule has 126 valence electrons. The van der Waals surface area contributed by atoms with Crippen molar-refractivity contribution in [3.63, 3.8) is 0 Å². The molecule has 0 saturated carbocycles. The van der Waals surface area contributed by atoms with Crippen LogP contribution in [0.25, 0.3) is 6.08 Å². The van der Waals surface area contributed by atoms with Crippen LogP contribution in [-0.4, -0.2) is 16.1 Å². The molecule has 2 aromatic carbocycles. The molecule has 1 amide bonds. The predicted molar refractivity (Wildman–Crippen MR) is 97.1 cm³/mol. The smallest absolute Gasteiger partial charge is 0.228 e. The molecule has 0 fully saturated rings. The highest BCUT2D eigenvalue weighted by atomic mass is 16.3. The SMILES string of the molecule is Cc1c(C)c(O)c(/C=C/CC(=O)Nc2ccccc2N)c(C)c1O. The molecule has 0 unspecified atom stereocenters. The lowest BCUT2D eigenvalue weighted by atomic mass is 9.97. The molecule has 0 aliphatic rings. The van der Waals surface area contributed by atoms with Crippen molar-refractivity contribution in [3.8, 4) is 11.5 Å². The standard InChI is InChI=1S/C19H22N2O3/c1-11-12(2)19(24)14(13(3)18(11)23)7-6-10-17(22)21-16-9-5-4-8-15(16)20/h4-9,23-24H,10,20H2,1-3H3,(H,21,22)/b7-6+. The van der Waals surface area contributed by atoms with Crippen LogP contribution in [0.15, 0.2) is 30.3 Å². The Morgan fingerprint density at radius 1 is 1.08 bits per heavy atom. The van der Waals surface area contributed by atoms with Crippen LogP contribution in [0, 0.1) is 20.8 Å². The Morgan fingerprint density at radius 3 is 2.38 bits per heavy atom. The number of hydrogen-bond acceptors (Lipinski definition) is 4. The number of carbonyl (C=O) groups excluding carboxylic acids is 1. The summed E-state index contributed by atoms with van der Waals surface area (Å²) in [5.74, 6) is 0.0626. The fourth-order valence-corrected chi connectivity index (χ4v) is 2.44. The number of hydrogen-bond donors (Lipinski definition) is 4. The molecule has 0 heterocycles. The van der Waals surface area contributed by atoms with Gasteiger partial charge in [-0.15, -0.1) is 0 Å². The van der Waals surface area contributed by atoms with Crippen LogP contribution in [0.4, 0.5) is 11.4 Å². The van der Waals surface area contributed by atoms with Crippen molar-refractivity contribution in [2.75, 3.05) is 11.1 Å². The summed E-state index contributed by atoms with van der Waals surface area (Å²) in [5, 5.41) is 23.1. The Bertz CT molecular complexity index is 781. The number of phenolic OH excluding ortho intramolecular Hbond substituents is 2. The third-order valence-corrected chi connectivity index (χ3v) is 4.11. The molecule has 2 aromatic rings. The molecule has 0 radical (unpaired) electrons. The molecule has 0 spiro atoms. The lowest BCUT2D eigenvalue weighted by molar-refractivity contribution is -0.115. The number of nitrogens with one attached hydrogen (secondary N) is 1. The van der Waals surface area contributed by atoms with E-state index in [9.17, 15) is 15.0 Å². The number of para-hydroxylation sites is 2. The van der Waals surface area contributed by atoms with E-state index < -0.39 is 0 Å². The van der Waals surface area contributed by atoms with E-state index in [4.69, 9.17) is 5.73 Å². The van der Waals surface area contributed by atoms with E-state index in [0.29, 0.717) is 33.6 Å². The lowest BCUT2D eigenvalue weighted by Crippen LogP contribution is -2.11. The zero-order valence-corrected chi connectivity index (χ0v) is 14.1. The lowest BCUT2D eigenvalue weighted by Gasteiger charge is -2.13. The minimum Gasteiger partial charge on any atom is -0.507 e. The van der Waals surface area contributed by atoms with Crippen molar-refractivity contribution in [1.29, 1.82) is 0 Å². The number of nitrogen functional groups attached to an aromatic ring is 1. The molecule has 0 aliphatic heterocycles. The summed E-state index contributed by atoms with van der Waals surface area (Å²) in [5.41, 5.74) is 9.23. The van der Waals surface area contributed by atoms with Crippen LogP contribution in [0.3, 0.4) is 0 Å². The average Bonchev–Trinajstić information content (AvgIpc) is 2.56. The maximum Gasteiger partial charge on any atom is 0.228 e. The van der Waals surface area contributed by atoms with E-state index >= 15 is 0 Å². The second-order valence-electron chi connectivity index (χ2n) is 5.73. The van der Waals surface area contributed by atoms with Crippen molar-refractivity contribution in [2.24, 2.45) is 0 Å². The maximum atomic E-state index is 12.0. The summed E-state index contributed by atoms with van der Waals surface area (Å²) < 4.78 is 0. The van der Waals surface area contributed by atoms with Crippen LogP contribution in [0.5, 0.6) is 11.5 Å². The van der Waals surface area contributed by atoms with E-state index in [1.54, 1.807) is 57.2 Å². The Kier molecular flexibility index (Phi) is 5.14. The van der Waals surface area contributed by atoms with Crippen molar-refractivity contribution in [2.45, 2.75) is 27.2 Å². The third-order valence-electron chi connectivity index (χ3n) is 4.11. The molecule has 0 aromatic heterocycles. The molecular formula is C19H22N2O3. The van der Waals surface area contributed by atoms with Gasteiger partial charge in [0, 0.05) is 17.5 Å². The molecule has 5 nitrogen and oxygen atoms in total. The van der Waals surface area contributed by atoms with Crippen molar-refractivity contribution < 1.29 is 15.0 Å². The summed E-state index contributed by atoms with van der Waals surface area (Å²) in [6.45, 7) is 5.22. The van der Waals surface area contributed by atoms with Crippen molar-refractivity contribution >= 4 is 23.4 Å². The number of amides is 1. The van der Waals surface area contributed by atoms with Gasteiger partial charge in [-0.2, -0.15) is 0 Å². The van der Waals surface area contributed by atoms with E-state index in [1.807, 2.05) is 0 Å². The van der Waals surface area contributed by atoms with E-state index in [0.717, 1.165) is 0 Å². The van der Waals surface area contributed by atoms with Crippen LogP contribution >= 0.6 is 0 Å². The van der Waals surface area contributed by atoms with Gasteiger partial charge < -0.3 is 21.3 Å². The summed E-state index contributed by atoms with van der Waals surface area (Å²) in [6, 6.07) is 7.03. The number of benzene rings is 2. The van der Waals surface area contributed by atoms with Gasteiger partial charge in [0.1, 0.15) is 11.5 Å². The van der Waals surface area contributed by atoms with E-state index in [-0.39, 0.29) is 23.8 Å². The second-order valence-corrected chi connectivity index (χ2v) is 5.73. The number of phenols is 2. The summed E-state index contributed by atoms with van der Waals surface area (Å²) in [4.78, 5) is 12.0. The molecule has 0 atom stereocenters. The van der Waals surface area contributed by atoms with Gasteiger partial charge in [0.2, 0.25) is 5.91 Å². The number of carbonyl (C=O) groups is 1. The van der Waals surface area contributed by atoms with Gasteiger partial charge in [-0.05, 0) is 44.0 Å². The van der Waals surface area contributed by atoms with Gasteiger partial charge in [0.05, 0.1) is 11.4 Å². The van der Waals surface area contributed by atoms with Gasteiger partial charge in [-0.1, -0.05) is 24.3 Å². The van der Waals surface area contributed by atoms with Crippen molar-refractivity contribution in [3.05, 3.63) is 52.6 Å². The first kappa shape index (κ1) is 17.4. The maximum absolute atomic E-state index is 12.0. The minimum atomic E-state index is -0.214. The molecule has 0 aliphatic carbocycles. The summed E-state index contributed by atoms with van der Waals surface area (Å²) in [7, 11) is 0. The highest BCUT2D eigenvalue weighted by molar-refractivity contribution is 5.95. The second kappa shape index (κ2) is 7.08. The average molecular weight is 326 g/mol. The first-order valence-corrected chi connectivity index (χ1v) is 7.65. The highest BCUT2D eigenvalue weighted by Gasteiger charge is 2.14. The number of nitrogens with two attached hydrogens (primary N) is 1. The molecule has 0 bridgehead atoms. The van der Waals surface area contributed by atoms with Gasteiger partial charge in [-0.3, -0.25) is 4.79 Å². The number of aromatic hydroxyl groups is 2. The van der Waals surface area contributed by atoms with Crippen LogP contribution in [0.2, 0.25) is 0 Å². The Labute approximate surface area is 141 Å². The summed E-state index contributed by atoms with van der Waals surface area (Å²) in [6.07, 6.45) is 3.41. The Balaban J connectivity index is 2.13. The van der Waals surface area contributed by atoms with Gasteiger partial charge >= 0.3 is 0 Å². The predicted octanol–water partition coefficient (Wildman–Crippen LogP) is 3.65. The molecule has 5 heteroatoms. The normalized spacial score (nSPS) is 11.0. The summed E-state index contributed by atoms with van der Waals surface area (Å²) >= 11 is 0. The largest absolute Gasteiger partial charge is 0.507 e. The quantitative estimate of drug-likeness (QED) is 0.509. The van der Waals surface area contributed by atoms with Gasteiger partial charge in [0.25, 0.3) is 0 Å². The number of rotatable bonds is 4. The first-order valence-electron chi connectivity index (χ1n) is 7.65. The van der Waals surface area contributed by atoms with E-state index in [2.05, 4.69) is 5.32 Å². The first-order chi connectivity index (χ1) is 11.3. The zero-order chi connectivity index (χ0) is 17.9. The molecule has 0 saturated heterocycles. The molecule has 5 N–H and O–H groups in total. The fourth-order valence-electron chi connectivity index (χ4n) is 2.44. The molecule has 2 rings (SSSR count). The van der Waals surface area contributed by atoms with Gasteiger partial charge in [-0.25, -0.2) is 0 Å². The zero-order valence-electron chi connectivity index (χ0n) is 14.1.